The second-order valence-corrected chi connectivity index (χ2v) is 7.00. The Hall–Kier alpha value is -1.24. The maximum Gasteiger partial charge on any atom is 0.318 e. The van der Waals surface area contributed by atoms with Crippen molar-refractivity contribution in [2.24, 2.45) is 0 Å². The quantitative estimate of drug-likeness (QED) is 0.789. The van der Waals surface area contributed by atoms with Crippen LogP contribution in [0.4, 0.5) is 4.79 Å². The van der Waals surface area contributed by atoms with Crippen LogP contribution in [0.3, 0.4) is 0 Å². The van der Waals surface area contributed by atoms with Crippen LogP contribution in [-0.4, -0.2) is 51.2 Å². The van der Waals surface area contributed by atoms with Gasteiger partial charge in [0.2, 0.25) is 0 Å². The Labute approximate surface area is 136 Å². The highest BCUT2D eigenvalue weighted by atomic mass is 32.2. The van der Waals surface area contributed by atoms with Crippen LogP contribution in [0.15, 0.2) is 0 Å². The van der Waals surface area contributed by atoms with Crippen LogP contribution < -0.4 is 5.32 Å². The molecule has 0 aromatic carbocycles. The summed E-state index contributed by atoms with van der Waals surface area (Å²) in [7, 11) is 0. The van der Waals surface area contributed by atoms with Crippen molar-refractivity contribution in [2.75, 3.05) is 25.1 Å². The molecule has 1 aromatic rings. The van der Waals surface area contributed by atoms with Gasteiger partial charge in [-0.15, -0.1) is 0 Å². The maximum absolute atomic E-state index is 12.4. The number of hydrogen-bond donors (Lipinski definition) is 2. The van der Waals surface area contributed by atoms with Gasteiger partial charge in [-0.05, 0) is 37.7 Å². The van der Waals surface area contributed by atoms with E-state index in [0.717, 1.165) is 56.2 Å². The number of carbonyl (C=O) groups excluding carboxylic acids is 1. The van der Waals surface area contributed by atoms with Gasteiger partial charge in [-0.3, -0.25) is 5.10 Å². The molecule has 1 aromatic heterocycles. The van der Waals surface area contributed by atoms with Gasteiger partial charge in [0, 0.05) is 19.0 Å². The van der Waals surface area contributed by atoms with E-state index in [-0.39, 0.29) is 12.1 Å². The Morgan fingerprint density at radius 1 is 1.50 bits per heavy atom. The normalized spacial score (nSPS) is 18.7. The molecule has 2 heterocycles. The SMILES string of the molecule is CSCCCNC(=O)N1CCCC[C@H]1c1nc(C(C)C)n[nH]1. The summed E-state index contributed by atoms with van der Waals surface area (Å²) in [6, 6.07) is 0.0441. The molecule has 7 heteroatoms. The molecule has 124 valence electrons. The predicted molar refractivity (Wildman–Crippen MR) is 90.2 cm³/mol. The van der Waals surface area contributed by atoms with E-state index in [9.17, 15) is 4.79 Å². The lowest BCUT2D eigenvalue weighted by atomic mass is 10.0. The van der Waals surface area contributed by atoms with Crippen LogP contribution >= 0.6 is 11.8 Å². The minimum atomic E-state index is 0.0216. The minimum absolute atomic E-state index is 0.0216. The van der Waals surface area contributed by atoms with E-state index in [4.69, 9.17) is 0 Å². The van der Waals surface area contributed by atoms with Crippen molar-refractivity contribution in [3.8, 4) is 0 Å². The molecule has 2 rings (SSSR count). The number of rotatable bonds is 6. The summed E-state index contributed by atoms with van der Waals surface area (Å²) in [5, 5.41) is 10.3. The second-order valence-electron chi connectivity index (χ2n) is 6.02. The van der Waals surface area contributed by atoms with E-state index in [1.807, 2.05) is 4.90 Å². The summed E-state index contributed by atoms with van der Waals surface area (Å²) < 4.78 is 0. The van der Waals surface area contributed by atoms with Crippen molar-refractivity contribution >= 4 is 17.8 Å². The molecule has 0 spiro atoms. The first-order chi connectivity index (χ1) is 10.6. The van der Waals surface area contributed by atoms with E-state index in [1.165, 1.54) is 0 Å². The highest BCUT2D eigenvalue weighted by molar-refractivity contribution is 7.98. The molecule has 0 saturated carbocycles. The summed E-state index contributed by atoms with van der Waals surface area (Å²) >= 11 is 1.80. The fourth-order valence-corrected chi connectivity index (χ4v) is 3.10. The zero-order valence-corrected chi connectivity index (χ0v) is 14.6. The molecule has 0 radical (unpaired) electrons. The summed E-state index contributed by atoms with van der Waals surface area (Å²) in [5.74, 6) is 3.01. The van der Waals surface area contributed by atoms with Crippen molar-refractivity contribution in [2.45, 2.75) is 51.5 Å². The molecule has 0 aliphatic carbocycles. The van der Waals surface area contributed by atoms with E-state index in [1.54, 1.807) is 11.8 Å². The molecule has 2 N–H and O–H groups in total. The number of likely N-dealkylation sites (tertiary alicyclic amines) is 1. The third kappa shape index (κ3) is 4.38. The molecule has 0 unspecified atom stereocenters. The first kappa shape index (κ1) is 17.1. The Kier molecular flexibility index (Phi) is 6.54. The second kappa shape index (κ2) is 8.41. The number of aromatic nitrogens is 3. The molecule has 0 bridgehead atoms. The number of H-pyrrole nitrogens is 1. The largest absolute Gasteiger partial charge is 0.338 e. The Morgan fingerprint density at radius 2 is 2.32 bits per heavy atom. The van der Waals surface area contributed by atoms with Crippen LogP contribution in [0.5, 0.6) is 0 Å². The summed E-state index contributed by atoms with van der Waals surface area (Å²) in [6.07, 6.45) is 6.22. The minimum Gasteiger partial charge on any atom is -0.338 e. The number of amides is 2. The monoisotopic (exact) mass is 325 g/mol. The molecule has 6 nitrogen and oxygen atoms in total. The van der Waals surface area contributed by atoms with Crippen molar-refractivity contribution < 1.29 is 4.79 Å². The number of nitrogens with zero attached hydrogens (tertiary/aromatic N) is 3. The fraction of sp³-hybridized carbons (Fsp3) is 0.800. The third-order valence-corrected chi connectivity index (χ3v) is 4.61. The molecule has 22 heavy (non-hydrogen) atoms. The van der Waals surface area contributed by atoms with Crippen molar-refractivity contribution in [3.05, 3.63) is 11.6 Å². The summed E-state index contributed by atoms with van der Waals surface area (Å²) in [4.78, 5) is 18.9. The third-order valence-electron chi connectivity index (χ3n) is 3.92. The zero-order valence-electron chi connectivity index (χ0n) is 13.8. The number of aromatic amines is 1. The van der Waals surface area contributed by atoms with Gasteiger partial charge >= 0.3 is 6.03 Å². The predicted octanol–water partition coefficient (Wildman–Crippen LogP) is 2.92. The maximum atomic E-state index is 12.4. The van der Waals surface area contributed by atoms with Gasteiger partial charge in [0.05, 0.1) is 6.04 Å². The molecule has 1 aliphatic heterocycles. The Bertz CT molecular complexity index is 476. The fourth-order valence-electron chi connectivity index (χ4n) is 2.67. The van der Waals surface area contributed by atoms with Gasteiger partial charge in [0.1, 0.15) is 5.82 Å². The summed E-state index contributed by atoms with van der Waals surface area (Å²) in [5.41, 5.74) is 0. The van der Waals surface area contributed by atoms with E-state index < -0.39 is 0 Å². The lowest BCUT2D eigenvalue weighted by molar-refractivity contribution is 0.148. The standard InChI is InChI=1S/C15H27N5OS/c1-11(2)13-17-14(19-18-13)12-7-4-5-9-20(12)15(21)16-8-6-10-22-3/h11-12H,4-10H2,1-3H3,(H,16,21)(H,17,18,19)/t12-/m0/s1. The van der Waals surface area contributed by atoms with Crippen LogP contribution in [0, 0.1) is 0 Å². The van der Waals surface area contributed by atoms with Gasteiger partial charge in [0.25, 0.3) is 0 Å². The highest BCUT2D eigenvalue weighted by Crippen LogP contribution is 2.29. The number of carbonyl (C=O) groups is 1. The Morgan fingerprint density at radius 3 is 3.00 bits per heavy atom. The van der Waals surface area contributed by atoms with Crippen molar-refractivity contribution in [1.29, 1.82) is 0 Å². The topological polar surface area (TPSA) is 73.9 Å². The smallest absolute Gasteiger partial charge is 0.318 e. The number of hydrogen-bond acceptors (Lipinski definition) is 4. The van der Waals surface area contributed by atoms with Gasteiger partial charge < -0.3 is 10.2 Å². The number of nitrogens with one attached hydrogen (secondary N) is 2. The van der Waals surface area contributed by atoms with Crippen LogP contribution in [-0.2, 0) is 0 Å². The van der Waals surface area contributed by atoms with E-state index in [0.29, 0.717) is 5.92 Å². The van der Waals surface area contributed by atoms with Crippen molar-refractivity contribution in [1.82, 2.24) is 25.4 Å². The van der Waals surface area contributed by atoms with Crippen LogP contribution in [0.1, 0.15) is 63.1 Å². The highest BCUT2D eigenvalue weighted by Gasteiger charge is 2.30. The number of thioether (sulfide) groups is 1. The molecule has 1 fully saturated rings. The molecular formula is C15H27N5OS. The lowest BCUT2D eigenvalue weighted by Crippen LogP contribution is -2.45. The Balaban J connectivity index is 1.99. The van der Waals surface area contributed by atoms with Gasteiger partial charge in [-0.1, -0.05) is 13.8 Å². The number of urea groups is 1. The molecule has 1 saturated heterocycles. The average molecular weight is 325 g/mol. The first-order valence-electron chi connectivity index (χ1n) is 8.09. The average Bonchev–Trinajstić information content (AvgIpc) is 3.01. The molecule has 1 atom stereocenters. The molecular weight excluding hydrogens is 298 g/mol. The lowest BCUT2D eigenvalue weighted by Gasteiger charge is -2.34. The zero-order chi connectivity index (χ0) is 15.9. The van der Waals surface area contributed by atoms with Gasteiger partial charge in [0.15, 0.2) is 5.82 Å². The van der Waals surface area contributed by atoms with Crippen LogP contribution in [0.2, 0.25) is 0 Å². The molecule has 1 aliphatic rings. The van der Waals surface area contributed by atoms with E-state index in [2.05, 4.69) is 40.6 Å². The number of piperidine rings is 1. The molecule has 2 amide bonds. The first-order valence-corrected chi connectivity index (χ1v) is 9.48. The summed E-state index contributed by atoms with van der Waals surface area (Å²) in [6.45, 7) is 5.67. The van der Waals surface area contributed by atoms with Crippen LogP contribution in [0.25, 0.3) is 0 Å². The van der Waals surface area contributed by atoms with Gasteiger partial charge in [-0.25, -0.2) is 9.78 Å². The van der Waals surface area contributed by atoms with Gasteiger partial charge in [-0.2, -0.15) is 16.9 Å². The van der Waals surface area contributed by atoms with Crippen molar-refractivity contribution in [3.63, 3.8) is 0 Å². The van der Waals surface area contributed by atoms with E-state index >= 15 is 0 Å².